The third kappa shape index (κ3) is 3.72. The first-order valence-corrected chi connectivity index (χ1v) is 8.64. The maximum absolute atomic E-state index is 12.0. The van der Waals surface area contributed by atoms with Gasteiger partial charge in [-0.1, -0.05) is 25.1 Å². The van der Waals surface area contributed by atoms with E-state index in [0.717, 1.165) is 11.3 Å². The summed E-state index contributed by atoms with van der Waals surface area (Å²) in [7, 11) is -3.02. The molecule has 1 amide bonds. The van der Waals surface area contributed by atoms with Gasteiger partial charge in [-0.2, -0.15) is 0 Å². The quantitative estimate of drug-likeness (QED) is 0.843. The maximum atomic E-state index is 12.0. The molecule has 0 bridgehead atoms. The number of nitrogens with one attached hydrogen (secondary N) is 2. The van der Waals surface area contributed by atoms with Crippen molar-refractivity contribution in [3.63, 3.8) is 0 Å². The SMILES string of the molecule is CCS(=O)(=O)CCNC(=O)C1CNc2ccccc2C1. The molecule has 1 aromatic carbocycles. The lowest BCUT2D eigenvalue weighted by Gasteiger charge is -2.25. The molecule has 1 atom stereocenters. The summed E-state index contributed by atoms with van der Waals surface area (Å²) < 4.78 is 22.7. The predicted octanol–water partition coefficient (Wildman–Crippen LogP) is 0.822. The summed E-state index contributed by atoms with van der Waals surface area (Å²) in [5.41, 5.74) is 2.20. The third-order valence-electron chi connectivity index (χ3n) is 3.55. The fourth-order valence-electron chi connectivity index (χ4n) is 2.25. The van der Waals surface area contributed by atoms with Crippen molar-refractivity contribution >= 4 is 21.4 Å². The Morgan fingerprint density at radius 1 is 1.40 bits per heavy atom. The first-order chi connectivity index (χ1) is 9.52. The number of carbonyl (C=O) groups excluding carboxylic acids is 1. The normalized spacial score (nSPS) is 17.9. The Hall–Kier alpha value is -1.56. The lowest BCUT2D eigenvalue weighted by Crippen LogP contribution is -2.40. The molecule has 0 aliphatic carbocycles. The van der Waals surface area contributed by atoms with Crippen molar-refractivity contribution in [3.05, 3.63) is 29.8 Å². The smallest absolute Gasteiger partial charge is 0.225 e. The minimum Gasteiger partial charge on any atom is -0.384 e. The van der Waals surface area contributed by atoms with Gasteiger partial charge in [0.1, 0.15) is 0 Å². The largest absolute Gasteiger partial charge is 0.384 e. The second-order valence-electron chi connectivity index (χ2n) is 4.97. The van der Waals surface area contributed by atoms with Crippen LogP contribution in [0.25, 0.3) is 0 Å². The molecule has 0 saturated carbocycles. The van der Waals surface area contributed by atoms with Crippen molar-refractivity contribution in [2.45, 2.75) is 13.3 Å². The van der Waals surface area contributed by atoms with Crippen LogP contribution in [0.2, 0.25) is 0 Å². The molecule has 6 heteroatoms. The zero-order valence-corrected chi connectivity index (χ0v) is 12.4. The zero-order chi connectivity index (χ0) is 14.6. The second-order valence-corrected chi connectivity index (χ2v) is 7.44. The van der Waals surface area contributed by atoms with E-state index < -0.39 is 9.84 Å². The van der Waals surface area contributed by atoms with Gasteiger partial charge in [0.15, 0.2) is 9.84 Å². The monoisotopic (exact) mass is 296 g/mol. The van der Waals surface area contributed by atoms with Crippen LogP contribution in [0, 0.1) is 5.92 Å². The van der Waals surface area contributed by atoms with E-state index in [2.05, 4.69) is 10.6 Å². The van der Waals surface area contributed by atoms with Crippen LogP contribution in [0.3, 0.4) is 0 Å². The van der Waals surface area contributed by atoms with Gasteiger partial charge in [-0.3, -0.25) is 4.79 Å². The second kappa shape index (κ2) is 6.26. The number of benzene rings is 1. The summed E-state index contributed by atoms with van der Waals surface area (Å²) in [6.45, 7) is 2.38. The van der Waals surface area contributed by atoms with Crippen LogP contribution in [0.1, 0.15) is 12.5 Å². The highest BCUT2D eigenvalue weighted by atomic mass is 32.2. The first-order valence-electron chi connectivity index (χ1n) is 6.82. The third-order valence-corrected chi connectivity index (χ3v) is 5.25. The van der Waals surface area contributed by atoms with Crippen molar-refractivity contribution in [2.24, 2.45) is 5.92 Å². The highest BCUT2D eigenvalue weighted by molar-refractivity contribution is 7.91. The van der Waals surface area contributed by atoms with E-state index >= 15 is 0 Å². The summed E-state index contributed by atoms with van der Waals surface area (Å²) in [6.07, 6.45) is 0.690. The molecule has 1 aromatic rings. The van der Waals surface area contributed by atoms with Gasteiger partial charge in [0, 0.05) is 24.5 Å². The van der Waals surface area contributed by atoms with Crippen molar-refractivity contribution in [1.29, 1.82) is 0 Å². The molecule has 0 radical (unpaired) electrons. The molecule has 1 aliphatic heterocycles. The number of hydrogen-bond acceptors (Lipinski definition) is 4. The minimum atomic E-state index is -3.02. The topological polar surface area (TPSA) is 75.3 Å². The molecular weight excluding hydrogens is 276 g/mol. The molecule has 5 nitrogen and oxygen atoms in total. The minimum absolute atomic E-state index is 0.00593. The number of amides is 1. The van der Waals surface area contributed by atoms with Gasteiger partial charge < -0.3 is 10.6 Å². The van der Waals surface area contributed by atoms with Crippen molar-refractivity contribution < 1.29 is 13.2 Å². The van der Waals surface area contributed by atoms with E-state index in [-0.39, 0.29) is 29.9 Å². The highest BCUT2D eigenvalue weighted by Gasteiger charge is 2.24. The molecule has 0 saturated heterocycles. The molecule has 0 aromatic heterocycles. The Kier molecular flexibility index (Phi) is 4.65. The molecular formula is C14H20N2O3S. The van der Waals surface area contributed by atoms with E-state index in [0.29, 0.717) is 13.0 Å². The Morgan fingerprint density at radius 2 is 2.15 bits per heavy atom. The Morgan fingerprint density at radius 3 is 2.90 bits per heavy atom. The average Bonchev–Trinajstić information content (AvgIpc) is 2.46. The molecule has 2 rings (SSSR count). The van der Waals surface area contributed by atoms with Crippen LogP contribution in [-0.4, -0.2) is 38.9 Å². The number of carbonyl (C=O) groups is 1. The van der Waals surface area contributed by atoms with Gasteiger partial charge in [0.05, 0.1) is 11.7 Å². The van der Waals surface area contributed by atoms with E-state index in [4.69, 9.17) is 0 Å². The van der Waals surface area contributed by atoms with Gasteiger partial charge in [-0.15, -0.1) is 0 Å². The van der Waals surface area contributed by atoms with Crippen LogP contribution >= 0.6 is 0 Å². The van der Waals surface area contributed by atoms with Gasteiger partial charge in [0.25, 0.3) is 0 Å². The fourth-order valence-corrected chi connectivity index (χ4v) is 2.95. The Bertz CT molecular complexity index is 584. The van der Waals surface area contributed by atoms with Gasteiger partial charge in [-0.05, 0) is 18.1 Å². The summed E-state index contributed by atoms with van der Waals surface area (Å²) in [5, 5.41) is 5.95. The fraction of sp³-hybridized carbons (Fsp3) is 0.500. The summed E-state index contributed by atoms with van der Waals surface area (Å²) in [5.74, 6) is -0.111. The lowest BCUT2D eigenvalue weighted by atomic mass is 9.93. The number of hydrogen-bond donors (Lipinski definition) is 2. The number of fused-ring (bicyclic) bond motifs is 1. The van der Waals surface area contributed by atoms with Gasteiger partial charge >= 0.3 is 0 Å². The van der Waals surface area contributed by atoms with E-state index in [1.807, 2.05) is 24.3 Å². The molecule has 110 valence electrons. The van der Waals surface area contributed by atoms with E-state index in [1.165, 1.54) is 0 Å². The summed E-state index contributed by atoms with van der Waals surface area (Å²) >= 11 is 0. The van der Waals surface area contributed by atoms with E-state index in [9.17, 15) is 13.2 Å². The van der Waals surface area contributed by atoms with E-state index in [1.54, 1.807) is 6.92 Å². The molecule has 20 heavy (non-hydrogen) atoms. The summed E-state index contributed by atoms with van der Waals surface area (Å²) in [6, 6.07) is 7.91. The Balaban J connectivity index is 1.86. The van der Waals surface area contributed by atoms with Crippen LogP contribution in [0.5, 0.6) is 0 Å². The molecule has 1 unspecified atom stereocenters. The molecule has 1 heterocycles. The molecule has 0 spiro atoms. The van der Waals surface area contributed by atoms with Gasteiger partial charge in [0.2, 0.25) is 5.91 Å². The number of anilines is 1. The van der Waals surface area contributed by atoms with Crippen LogP contribution in [-0.2, 0) is 21.1 Å². The Labute approximate surface area is 119 Å². The zero-order valence-electron chi connectivity index (χ0n) is 11.6. The number of sulfone groups is 1. The number of para-hydroxylation sites is 1. The maximum Gasteiger partial charge on any atom is 0.225 e. The van der Waals surface area contributed by atoms with Gasteiger partial charge in [-0.25, -0.2) is 8.42 Å². The molecule has 2 N–H and O–H groups in total. The van der Waals surface area contributed by atoms with Crippen molar-refractivity contribution in [2.75, 3.05) is 29.9 Å². The lowest BCUT2D eigenvalue weighted by molar-refractivity contribution is -0.124. The molecule has 1 aliphatic rings. The highest BCUT2D eigenvalue weighted by Crippen LogP contribution is 2.24. The first kappa shape index (κ1) is 14.8. The molecule has 0 fully saturated rings. The van der Waals surface area contributed by atoms with Crippen molar-refractivity contribution in [3.8, 4) is 0 Å². The predicted molar refractivity (Wildman–Crippen MR) is 79.5 cm³/mol. The van der Waals surface area contributed by atoms with Crippen LogP contribution < -0.4 is 10.6 Å². The average molecular weight is 296 g/mol. The standard InChI is InChI=1S/C14H20N2O3S/c1-2-20(18,19)8-7-15-14(17)12-9-11-5-3-4-6-13(11)16-10-12/h3-6,12,16H,2,7-10H2,1H3,(H,15,17). The summed E-state index contributed by atoms with van der Waals surface area (Å²) in [4.78, 5) is 12.0. The number of rotatable bonds is 5. The van der Waals surface area contributed by atoms with Crippen molar-refractivity contribution in [1.82, 2.24) is 5.32 Å². The van der Waals surface area contributed by atoms with Crippen LogP contribution in [0.15, 0.2) is 24.3 Å². The van der Waals surface area contributed by atoms with Crippen LogP contribution in [0.4, 0.5) is 5.69 Å².